The van der Waals surface area contributed by atoms with Crippen LogP contribution in [-0.2, 0) is 0 Å². The van der Waals surface area contributed by atoms with Crippen LogP contribution in [0.1, 0.15) is 11.7 Å². The largest absolute Gasteiger partial charge is 0.387 e. The fourth-order valence-corrected chi connectivity index (χ4v) is 1.80. The molecule has 88 valence electrons. The van der Waals surface area contributed by atoms with E-state index in [4.69, 9.17) is 17.3 Å². The van der Waals surface area contributed by atoms with E-state index in [0.717, 1.165) is 21.7 Å². The predicted octanol–water partition coefficient (Wildman–Crippen LogP) is 3.00. The highest BCUT2D eigenvalue weighted by atomic mass is 35.5. The van der Waals surface area contributed by atoms with E-state index in [1.807, 2.05) is 48.5 Å². The van der Waals surface area contributed by atoms with Crippen LogP contribution in [-0.4, -0.2) is 11.7 Å². The molecule has 17 heavy (non-hydrogen) atoms. The highest BCUT2D eigenvalue weighted by Crippen LogP contribution is 2.23. The van der Waals surface area contributed by atoms with Crippen LogP contribution < -0.4 is 5.73 Å². The summed E-state index contributed by atoms with van der Waals surface area (Å²) in [6.07, 6.45) is -0.589. The lowest BCUT2D eigenvalue weighted by Crippen LogP contribution is -2.11. The zero-order valence-corrected chi connectivity index (χ0v) is 10.1. The molecule has 0 spiro atoms. The summed E-state index contributed by atoms with van der Waals surface area (Å²) < 4.78 is 0. The summed E-state index contributed by atoms with van der Waals surface area (Å²) in [5, 5.41) is 10.3. The van der Waals surface area contributed by atoms with Crippen molar-refractivity contribution in [3.8, 4) is 11.1 Å². The average molecular weight is 248 g/mol. The lowest BCUT2D eigenvalue weighted by Gasteiger charge is -2.09. The summed E-state index contributed by atoms with van der Waals surface area (Å²) in [5.74, 6) is 0. The standard InChI is InChI=1S/C14H14ClNO/c15-13-7-5-11(6-8-13)10-1-3-12(4-2-10)14(17)9-16/h1-8,14,17H,9,16H2. The first kappa shape index (κ1) is 12.1. The van der Waals surface area contributed by atoms with E-state index in [9.17, 15) is 5.11 Å². The maximum Gasteiger partial charge on any atom is 0.0912 e. The summed E-state index contributed by atoms with van der Waals surface area (Å²) in [5.41, 5.74) is 8.44. The number of benzene rings is 2. The molecule has 2 rings (SSSR count). The van der Waals surface area contributed by atoms with Gasteiger partial charge in [-0.3, -0.25) is 0 Å². The molecule has 0 aliphatic heterocycles. The molecule has 0 amide bonds. The molecule has 2 nitrogen and oxygen atoms in total. The SMILES string of the molecule is NCC(O)c1ccc(-c2ccc(Cl)cc2)cc1. The fourth-order valence-electron chi connectivity index (χ4n) is 1.68. The number of hydrogen-bond donors (Lipinski definition) is 2. The first-order valence-corrected chi connectivity index (χ1v) is 5.82. The first-order valence-electron chi connectivity index (χ1n) is 5.45. The third kappa shape index (κ3) is 2.86. The predicted molar refractivity (Wildman–Crippen MR) is 70.9 cm³/mol. The van der Waals surface area contributed by atoms with Gasteiger partial charge in [0.2, 0.25) is 0 Å². The minimum atomic E-state index is -0.589. The van der Waals surface area contributed by atoms with Crippen molar-refractivity contribution in [3.05, 3.63) is 59.1 Å². The monoisotopic (exact) mass is 247 g/mol. The fraction of sp³-hybridized carbons (Fsp3) is 0.143. The van der Waals surface area contributed by atoms with Gasteiger partial charge in [-0.15, -0.1) is 0 Å². The highest BCUT2D eigenvalue weighted by molar-refractivity contribution is 6.30. The lowest BCUT2D eigenvalue weighted by molar-refractivity contribution is 0.187. The minimum absolute atomic E-state index is 0.236. The second-order valence-corrected chi connectivity index (χ2v) is 4.32. The smallest absolute Gasteiger partial charge is 0.0912 e. The van der Waals surface area contributed by atoms with E-state index < -0.39 is 6.10 Å². The van der Waals surface area contributed by atoms with Gasteiger partial charge in [0.25, 0.3) is 0 Å². The number of aliphatic hydroxyl groups is 1. The number of hydrogen-bond acceptors (Lipinski definition) is 2. The molecular formula is C14H14ClNO. The van der Waals surface area contributed by atoms with Crippen LogP contribution in [0.15, 0.2) is 48.5 Å². The highest BCUT2D eigenvalue weighted by Gasteiger charge is 2.04. The van der Waals surface area contributed by atoms with Crippen molar-refractivity contribution in [1.29, 1.82) is 0 Å². The van der Waals surface area contributed by atoms with Gasteiger partial charge >= 0.3 is 0 Å². The quantitative estimate of drug-likeness (QED) is 0.876. The van der Waals surface area contributed by atoms with Crippen molar-refractivity contribution >= 4 is 11.6 Å². The van der Waals surface area contributed by atoms with Crippen LogP contribution in [0.3, 0.4) is 0 Å². The van der Waals surface area contributed by atoms with Gasteiger partial charge in [-0.1, -0.05) is 48.0 Å². The third-order valence-corrected chi connectivity index (χ3v) is 2.95. The summed E-state index contributed by atoms with van der Waals surface area (Å²) in [7, 11) is 0. The number of halogens is 1. The zero-order valence-electron chi connectivity index (χ0n) is 9.31. The molecule has 0 bridgehead atoms. The van der Waals surface area contributed by atoms with Crippen molar-refractivity contribution in [2.75, 3.05) is 6.54 Å². The number of rotatable bonds is 3. The van der Waals surface area contributed by atoms with Crippen molar-refractivity contribution < 1.29 is 5.11 Å². The van der Waals surface area contributed by atoms with Gasteiger partial charge in [0.1, 0.15) is 0 Å². The lowest BCUT2D eigenvalue weighted by atomic mass is 10.0. The Morgan fingerprint density at radius 3 is 1.88 bits per heavy atom. The Bertz CT molecular complexity index is 479. The van der Waals surface area contributed by atoms with Crippen molar-refractivity contribution in [1.82, 2.24) is 0 Å². The molecule has 0 fully saturated rings. The molecule has 0 aliphatic carbocycles. The Labute approximate surface area is 106 Å². The number of aliphatic hydroxyl groups excluding tert-OH is 1. The van der Waals surface area contributed by atoms with Gasteiger partial charge < -0.3 is 10.8 Å². The average Bonchev–Trinajstić information content (AvgIpc) is 2.39. The van der Waals surface area contributed by atoms with Crippen molar-refractivity contribution in [3.63, 3.8) is 0 Å². The Kier molecular flexibility index (Phi) is 3.79. The van der Waals surface area contributed by atoms with E-state index in [1.54, 1.807) is 0 Å². The molecule has 3 N–H and O–H groups in total. The molecule has 0 aliphatic rings. The summed E-state index contributed by atoms with van der Waals surface area (Å²) in [4.78, 5) is 0. The van der Waals surface area contributed by atoms with Crippen molar-refractivity contribution in [2.45, 2.75) is 6.10 Å². The van der Waals surface area contributed by atoms with Crippen LogP contribution in [0.5, 0.6) is 0 Å². The summed E-state index contributed by atoms with van der Waals surface area (Å²) in [6, 6.07) is 15.4. The molecule has 3 heteroatoms. The van der Waals surface area contributed by atoms with Crippen LogP contribution in [0.4, 0.5) is 0 Å². The van der Waals surface area contributed by atoms with Gasteiger partial charge in [-0.05, 0) is 28.8 Å². The van der Waals surface area contributed by atoms with E-state index in [1.165, 1.54) is 0 Å². The van der Waals surface area contributed by atoms with E-state index in [0.29, 0.717) is 0 Å². The van der Waals surface area contributed by atoms with E-state index in [-0.39, 0.29) is 6.54 Å². The van der Waals surface area contributed by atoms with Crippen LogP contribution in [0.25, 0.3) is 11.1 Å². The maximum atomic E-state index is 9.58. The Morgan fingerprint density at radius 2 is 1.41 bits per heavy atom. The van der Waals surface area contributed by atoms with E-state index in [2.05, 4.69) is 0 Å². The topological polar surface area (TPSA) is 46.2 Å². The van der Waals surface area contributed by atoms with Crippen LogP contribution in [0.2, 0.25) is 5.02 Å². The zero-order chi connectivity index (χ0) is 12.3. The molecule has 0 aromatic heterocycles. The third-order valence-electron chi connectivity index (χ3n) is 2.70. The second kappa shape index (κ2) is 5.32. The maximum absolute atomic E-state index is 9.58. The molecule has 0 saturated carbocycles. The van der Waals surface area contributed by atoms with Crippen LogP contribution in [0, 0.1) is 0 Å². The normalized spacial score (nSPS) is 12.4. The molecule has 0 radical (unpaired) electrons. The summed E-state index contributed by atoms with van der Waals surface area (Å²) in [6.45, 7) is 0.236. The molecule has 1 atom stereocenters. The molecular weight excluding hydrogens is 234 g/mol. The second-order valence-electron chi connectivity index (χ2n) is 3.88. The van der Waals surface area contributed by atoms with Gasteiger partial charge in [0.05, 0.1) is 6.10 Å². The first-order chi connectivity index (χ1) is 8.20. The van der Waals surface area contributed by atoms with Crippen LogP contribution >= 0.6 is 11.6 Å². The van der Waals surface area contributed by atoms with E-state index >= 15 is 0 Å². The molecule has 0 saturated heterocycles. The van der Waals surface area contributed by atoms with Gasteiger partial charge in [-0.25, -0.2) is 0 Å². The van der Waals surface area contributed by atoms with Gasteiger partial charge in [0.15, 0.2) is 0 Å². The molecule has 2 aromatic carbocycles. The number of nitrogens with two attached hydrogens (primary N) is 1. The summed E-state index contributed by atoms with van der Waals surface area (Å²) >= 11 is 5.84. The Morgan fingerprint density at radius 1 is 0.941 bits per heavy atom. The molecule has 0 heterocycles. The molecule has 1 unspecified atom stereocenters. The van der Waals surface area contributed by atoms with Crippen molar-refractivity contribution in [2.24, 2.45) is 5.73 Å². The minimum Gasteiger partial charge on any atom is -0.387 e. The Hall–Kier alpha value is -1.35. The van der Waals surface area contributed by atoms with Gasteiger partial charge in [0, 0.05) is 11.6 Å². The Balaban J connectivity index is 2.26. The molecule has 2 aromatic rings. The van der Waals surface area contributed by atoms with Gasteiger partial charge in [-0.2, -0.15) is 0 Å².